The van der Waals surface area contributed by atoms with Crippen LogP contribution in [0.2, 0.25) is 0 Å². The van der Waals surface area contributed by atoms with Gasteiger partial charge in [0.25, 0.3) is 0 Å². The number of nitrogens with zero attached hydrogens (tertiary/aromatic N) is 1. The first-order valence-corrected chi connectivity index (χ1v) is 3.70. The third-order valence-electron chi connectivity index (χ3n) is 1.69. The van der Waals surface area contributed by atoms with E-state index >= 15 is 0 Å². The molecule has 3 N–H and O–H groups in total. The monoisotopic (exact) mass is 159 g/mol. The Hall–Kier alpha value is -1.77. The first-order chi connectivity index (χ1) is 5.86. The lowest BCUT2D eigenvalue weighted by Crippen LogP contribution is -1.86. The van der Waals surface area contributed by atoms with Crippen molar-refractivity contribution in [3.8, 4) is 11.1 Å². The van der Waals surface area contributed by atoms with Crippen LogP contribution in [-0.2, 0) is 0 Å². The summed E-state index contributed by atoms with van der Waals surface area (Å²) in [6.07, 6.45) is 7.21. The van der Waals surface area contributed by atoms with Crippen molar-refractivity contribution >= 4 is 5.69 Å². The van der Waals surface area contributed by atoms with Gasteiger partial charge in [-0.25, -0.2) is 0 Å². The van der Waals surface area contributed by atoms with E-state index < -0.39 is 0 Å². The highest BCUT2D eigenvalue weighted by Crippen LogP contribution is 2.18. The van der Waals surface area contributed by atoms with Crippen molar-refractivity contribution in [3.05, 3.63) is 36.9 Å². The maximum absolute atomic E-state index is 5.59. The zero-order valence-corrected chi connectivity index (χ0v) is 6.49. The zero-order valence-electron chi connectivity index (χ0n) is 6.49. The molecular weight excluding hydrogens is 150 g/mol. The Kier molecular flexibility index (Phi) is 1.55. The van der Waals surface area contributed by atoms with E-state index in [1.165, 1.54) is 0 Å². The molecule has 0 atom stereocenters. The molecular formula is C9H9N3. The van der Waals surface area contributed by atoms with Crippen LogP contribution in [0.1, 0.15) is 0 Å². The van der Waals surface area contributed by atoms with E-state index in [-0.39, 0.29) is 0 Å². The van der Waals surface area contributed by atoms with Gasteiger partial charge in [-0.1, -0.05) is 0 Å². The zero-order chi connectivity index (χ0) is 8.39. The molecule has 0 fully saturated rings. The van der Waals surface area contributed by atoms with Gasteiger partial charge in [0.05, 0.1) is 5.69 Å². The van der Waals surface area contributed by atoms with Crippen LogP contribution in [0.25, 0.3) is 11.1 Å². The molecule has 60 valence electrons. The number of aromatic amines is 1. The molecule has 0 aromatic carbocycles. The van der Waals surface area contributed by atoms with Gasteiger partial charge in [-0.05, 0) is 12.1 Å². The van der Waals surface area contributed by atoms with Crippen LogP contribution >= 0.6 is 0 Å². The topological polar surface area (TPSA) is 54.7 Å². The Labute approximate surface area is 70.3 Å². The number of H-pyrrole nitrogens is 1. The summed E-state index contributed by atoms with van der Waals surface area (Å²) in [4.78, 5) is 6.98. The number of nitrogens with two attached hydrogens (primary N) is 1. The number of aromatic nitrogens is 2. The summed E-state index contributed by atoms with van der Waals surface area (Å²) in [5.74, 6) is 0. The summed E-state index contributed by atoms with van der Waals surface area (Å²) < 4.78 is 0. The van der Waals surface area contributed by atoms with Crippen molar-refractivity contribution in [1.82, 2.24) is 9.97 Å². The highest BCUT2D eigenvalue weighted by Gasteiger charge is 1.97. The van der Waals surface area contributed by atoms with Crippen molar-refractivity contribution in [1.29, 1.82) is 0 Å². The van der Waals surface area contributed by atoms with Crippen molar-refractivity contribution in [2.24, 2.45) is 0 Å². The largest absolute Gasteiger partial charge is 0.397 e. The number of hydrogen-bond acceptors (Lipinski definition) is 2. The fraction of sp³-hybridized carbons (Fsp3) is 0. The highest BCUT2D eigenvalue weighted by atomic mass is 14.7. The minimum absolute atomic E-state index is 0.689. The molecule has 0 unspecified atom stereocenters. The van der Waals surface area contributed by atoms with Gasteiger partial charge in [0.1, 0.15) is 0 Å². The van der Waals surface area contributed by atoms with Crippen LogP contribution in [0.15, 0.2) is 36.9 Å². The molecule has 3 nitrogen and oxygen atoms in total. The normalized spacial score (nSPS) is 10.0. The lowest BCUT2D eigenvalue weighted by Gasteiger charge is -1.96. The Morgan fingerprint density at radius 3 is 2.83 bits per heavy atom. The van der Waals surface area contributed by atoms with E-state index in [1.807, 2.05) is 24.5 Å². The van der Waals surface area contributed by atoms with Crippen molar-refractivity contribution in [2.75, 3.05) is 5.73 Å². The van der Waals surface area contributed by atoms with Gasteiger partial charge in [0, 0.05) is 35.9 Å². The molecule has 2 aromatic heterocycles. The Morgan fingerprint density at radius 1 is 1.25 bits per heavy atom. The third-order valence-corrected chi connectivity index (χ3v) is 1.69. The lowest BCUT2D eigenvalue weighted by atomic mass is 10.1. The molecule has 0 saturated carbocycles. The van der Waals surface area contributed by atoms with E-state index in [9.17, 15) is 0 Å². The van der Waals surface area contributed by atoms with E-state index in [4.69, 9.17) is 5.73 Å². The van der Waals surface area contributed by atoms with Crippen LogP contribution in [0.4, 0.5) is 5.69 Å². The van der Waals surface area contributed by atoms with E-state index in [1.54, 1.807) is 12.4 Å². The van der Waals surface area contributed by atoms with Crippen molar-refractivity contribution < 1.29 is 0 Å². The van der Waals surface area contributed by atoms with E-state index in [0.717, 1.165) is 11.1 Å². The average Bonchev–Trinajstić information content (AvgIpc) is 2.56. The number of nitrogen functional groups attached to an aromatic ring is 1. The fourth-order valence-corrected chi connectivity index (χ4v) is 1.12. The van der Waals surface area contributed by atoms with Crippen LogP contribution in [0.5, 0.6) is 0 Å². The minimum atomic E-state index is 0.689. The molecule has 2 heterocycles. The first-order valence-electron chi connectivity index (χ1n) is 3.70. The number of rotatable bonds is 1. The maximum Gasteiger partial charge on any atom is 0.0506 e. The molecule has 0 bridgehead atoms. The molecule has 0 saturated heterocycles. The molecule has 0 amide bonds. The predicted octanol–water partition coefficient (Wildman–Crippen LogP) is 1.66. The van der Waals surface area contributed by atoms with Gasteiger partial charge in [-0.2, -0.15) is 0 Å². The second-order valence-corrected chi connectivity index (χ2v) is 2.61. The van der Waals surface area contributed by atoms with Crippen LogP contribution in [0, 0.1) is 0 Å². The Balaban J connectivity index is 2.48. The second kappa shape index (κ2) is 2.70. The summed E-state index contributed by atoms with van der Waals surface area (Å²) in [5, 5.41) is 0. The summed E-state index contributed by atoms with van der Waals surface area (Å²) >= 11 is 0. The number of hydrogen-bond donors (Lipinski definition) is 2. The molecule has 2 rings (SSSR count). The molecule has 0 spiro atoms. The highest BCUT2D eigenvalue weighted by molar-refractivity contribution is 5.64. The van der Waals surface area contributed by atoms with Gasteiger partial charge in [0.2, 0.25) is 0 Å². The van der Waals surface area contributed by atoms with Crippen molar-refractivity contribution in [3.63, 3.8) is 0 Å². The second-order valence-electron chi connectivity index (χ2n) is 2.61. The quantitative estimate of drug-likeness (QED) is 0.664. The first kappa shape index (κ1) is 6.91. The standard InChI is InChI=1S/C9H9N3/c10-9-3-8(5-12-6-9)7-1-2-11-4-7/h1-6,11H,10H2. The lowest BCUT2D eigenvalue weighted by molar-refractivity contribution is 1.33. The van der Waals surface area contributed by atoms with Crippen molar-refractivity contribution in [2.45, 2.75) is 0 Å². The number of pyridine rings is 1. The Morgan fingerprint density at radius 2 is 2.17 bits per heavy atom. The molecule has 0 aliphatic carbocycles. The van der Waals surface area contributed by atoms with E-state index in [2.05, 4.69) is 9.97 Å². The predicted molar refractivity (Wildman–Crippen MR) is 48.4 cm³/mol. The molecule has 12 heavy (non-hydrogen) atoms. The molecule has 0 aliphatic rings. The fourth-order valence-electron chi connectivity index (χ4n) is 1.12. The van der Waals surface area contributed by atoms with Gasteiger partial charge >= 0.3 is 0 Å². The van der Waals surface area contributed by atoms with Crippen LogP contribution < -0.4 is 5.73 Å². The summed E-state index contributed by atoms with van der Waals surface area (Å²) in [7, 11) is 0. The molecule has 2 aromatic rings. The van der Waals surface area contributed by atoms with Crippen LogP contribution in [0.3, 0.4) is 0 Å². The molecule has 3 heteroatoms. The maximum atomic E-state index is 5.59. The average molecular weight is 159 g/mol. The van der Waals surface area contributed by atoms with Gasteiger partial charge in [-0.3, -0.25) is 4.98 Å². The number of anilines is 1. The number of nitrogens with one attached hydrogen (secondary N) is 1. The summed E-state index contributed by atoms with van der Waals surface area (Å²) in [5.41, 5.74) is 8.43. The van der Waals surface area contributed by atoms with Gasteiger partial charge in [0.15, 0.2) is 0 Å². The minimum Gasteiger partial charge on any atom is -0.397 e. The van der Waals surface area contributed by atoms with Gasteiger partial charge in [-0.15, -0.1) is 0 Å². The summed E-state index contributed by atoms with van der Waals surface area (Å²) in [6.45, 7) is 0. The summed E-state index contributed by atoms with van der Waals surface area (Å²) in [6, 6.07) is 3.88. The van der Waals surface area contributed by atoms with Gasteiger partial charge < -0.3 is 10.7 Å². The third kappa shape index (κ3) is 1.16. The SMILES string of the molecule is Nc1cncc(-c2cc[nH]c2)c1. The smallest absolute Gasteiger partial charge is 0.0506 e. The Bertz CT molecular complexity index is 365. The van der Waals surface area contributed by atoms with E-state index in [0.29, 0.717) is 5.69 Å². The van der Waals surface area contributed by atoms with Crippen LogP contribution in [-0.4, -0.2) is 9.97 Å². The molecule has 0 radical (unpaired) electrons. The molecule has 0 aliphatic heterocycles.